The van der Waals surface area contributed by atoms with Crippen molar-refractivity contribution >= 4 is 24.7 Å². The van der Waals surface area contributed by atoms with Crippen LogP contribution in [0.15, 0.2) is 18.3 Å². The molecule has 0 aromatic carbocycles. The summed E-state index contributed by atoms with van der Waals surface area (Å²) in [6, 6.07) is 1.79. The topological polar surface area (TPSA) is 50.2 Å². The summed E-state index contributed by atoms with van der Waals surface area (Å²) in [6.07, 6.45) is 5.27. The molecule has 0 radical (unpaired) electrons. The Bertz CT molecular complexity index is 374. The van der Waals surface area contributed by atoms with Crippen LogP contribution in [0.25, 0.3) is 6.08 Å². The second-order valence-electron chi connectivity index (χ2n) is 2.82. The van der Waals surface area contributed by atoms with E-state index in [1.165, 1.54) is 6.20 Å². The molecule has 3 nitrogen and oxygen atoms in total. The molecular weight excluding hydrogens is 198 g/mol. The molecule has 0 aliphatic rings. The van der Waals surface area contributed by atoms with Crippen molar-refractivity contribution < 1.29 is 9.90 Å². The Morgan fingerprint density at radius 2 is 2.43 bits per heavy atom. The molecule has 0 atom stereocenters. The molecular formula is C10H11NO2S. The first kappa shape index (κ1) is 10.8. The van der Waals surface area contributed by atoms with Crippen molar-refractivity contribution in [2.24, 2.45) is 0 Å². The van der Waals surface area contributed by atoms with Gasteiger partial charge in [-0.25, -0.2) is 9.78 Å². The molecule has 0 amide bonds. The van der Waals surface area contributed by atoms with Crippen LogP contribution in [-0.2, 0) is 0 Å². The zero-order valence-corrected chi connectivity index (χ0v) is 8.66. The minimum Gasteiger partial charge on any atom is -0.477 e. The maximum absolute atomic E-state index is 10.7. The van der Waals surface area contributed by atoms with Crippen molar-refractivity contribution in [2.75, 3.05) is 5.75 Å². The summed E-state index contributed by atoms with van der Waals surface area (Å²) < 4.78 is 0. The predicted octanol–water partition coefficient (Wildman–Crippen LogP) is 2.03. The fourth-order valence-electron chi connectivity index (χ4n) is 1.10. The first-order valence-corrected chi connectivity index (χ1v) is 4.75. The van der Waals surface area contributed by atoms with Crippen LogP contribution in [0, 0.1) is 6.92 Å². The Hall–Kier alpha value is -1.29. The zero-order valence-electron chi connectivity index (χ0n) is 7.77. The third kappa shape index (κ3) is 2.60. The predicted molar refractivity (Wildman–Crippen MR) is 58.8 cm³/mol. The molecule has 1 N–H and O–H groups in total. The van der Waals surface area contributed by atoms with Gasteiger partial charge in [-0.1, -0.05) is 12.2 Å². The van der Waals surface area contributed by atoms with Crippen LogP contribution < -0.4 is 0 Å². The van der Waals surface area contributed by atoms with E-state index >= 15 is 0 Å². The van der Waals surface area contributed by atoms with Crippen molar-refractivity contribution in [1.29, 1.82) is 0 Å². The van der Waals surface area contributed by atoms with Gasteiger partial charge in [-0.05, 0) is 24.1 Å². The number of carboxylic acid groups (broad SMARTS) is 1. The highest BCUT2D eigenvalue weighted by molar-refractivity contribution is 7.80. The quantitative estimate of drug-likeness (QED) is 0.749. The van der Waals surface area contributed by atoms with Gasteiger partial charge >= 0.3 is 5.97 Å². The number of aromatic nitrogens is 1. The number of aromatic carboxylic acids is 1. The van der Waals surface area contributed by atoms with Crippen LogP contribution in [0.5, 0.6) is 0 Å². The lowest BCUT2D eigenvalue weighted by atomic mass is 10.1. The van der Waals surface area contributed by atoms with Gasteiger partial charge in [0.1, 0.15) is 0 Å². The summed E-state index contributed by atoms with van der Waals surface area (Å²) >= 11 is 4.03. The molecule has 0 spiro atoms. The number of thiol groups is 1. The van der Waals surface area contributed by atoms with Crippen LogP contribution in [0.1, 0.15) is 21.6 Å². The molecule has 0 fully saturated rings. The van der Waals surface area contributed by atoms with E-state index in [9.17, 15) is 4.79 Å². The number of hydrogen-bond acceptors (Lipinski definition) is 3. The van der Waals surface area contributed by atoms with E-state index in [4.69, 9.17) is 5.11 Å². The largest absolute Gasteiger partial charge is 0.477 e. The lowest BCUT2D eigenvalue weighted by Crippen LogP contribution is -2.03. The molecule has 1 rings (SSSR count). The Morgan fingerprint density at radius 3 is 2.93 bits per heavy atom. The normalized spacial score (nSPS) is 10.7. The number of pyridine rings is 1. The van der Waals surface area contributed by atoms with Crippen molar-refractivity contribution in [3.05, 3.63) is 35.2 Å². The van der Waals surface area contributed by atoms with Gasteiger partial charge in [0.15, 0.2) is 5.69 Å². The highest BCUT2D eigenvalue weighted by Crippen LogP contribution is 2.09. The lowest BCUT2D eigenvalue weighted by molar-refractivity contribution is 0.0689. The van der Waals surface area contributed by atoms with Gasteiger partial charge in [0.2, 0.25) is 0 Å². The maximum Gasteiger partial charge on any atom is 0.354 e. The molecule has 1 aromatic rings. The third-order valence-corrected chi connectivity index (χ3v) is 1.93. The summed E-state index contributed by atoms with van der Waals surface area (Å²) in [5.74, 6) is -0.341. The molecule has 4 heteroatoms. The average Bonchev–Trinajstić information content (AvgIpc) is 2.14. The maximum atomic E-state index is 10.7. The van der Waals surface area contributed by atoms with Gasteiger partial charge < -0.3 is 5.11 Å². The Kier molecular flexibility index (Phi) is 3.71. The zero-order chi connectivity index (χ0) is 10.6. The fourth-order valence-corrected chi connectivity index (χ4v) is 1.21. The highest BCUT2D eigenvalue weighted by atomic mass is 32.1. The molecule has 0 unspecified atom stereocenters. The summed E-state index contributed by atoms with van der Waals surface area (Å²) in [6.45, 7) is 1.73. The van der Waals surface area contributed by atoms with E-state index in [1.54, 1.807) is 13.0 Å². The molecule has 14 heavy (non-hydrogen) atoms. The second-order valence-corrected chi connectivity index (χ2v) is 3.19. The number of carbonyl (C=O) groups is 1. The van der Waals surface area contributed by atoms with Crippen molar-refractivity contribution in [3.63, 3.8) is 0 Å². The van der Waals surface area contributed by atoms with E-state index in [0.717, 1.165) is 5.56 Å². The second kappa shape index (κ2) is 4.81. The van der Waals surface area contributed by atoms with Crippen LogP contribution in [0.2, 0.25) is 0 Å². The SMILES string of the molecule is Cc1cc(C=CCS)cnc1C(=O)O. The minimum absolute atomic E-state index is 0.105. The monoisotopic (exact) mass is 209 g/mol. The highest BCUT2D eigenvalue weighted by Gasteiger charge is 2.07. The molecule has 0 aliphatic carbocycles. The smallest absolute Gasteiger partial charge is 0.354 e. The van der Waals surface area contributed by atoms with Gasteiger partial charge in [0, 0.05) is 11.9 Å². The van der Waals surface area contributed by atoms with Crippen LogP contribution >= 0.6 is 12.6 Å². The summed E-state index contributed by atoms with van der Waals surface area (Å²) in [5.41, 5.74) is 1.66. The first-order chi connectivity index (χ1) is 6.65. The Labute approximate surface area is 87.9 Å². The van der Waals surface area contributed by atoms with Crippen molar-refractivity contribution in [2.45, 2.75) is 6.92 Å². The van der Waals surface area contributed by atoms with Gasteiger partial charge in [0.05, 0.1) is 0 Å². The molecule has 0 bridgehead atoms. The number of carboxylic acids is 1. The molecule has 0 saturated heterocycles. The molecule has 1 aromatic heterocycles. The standard InChI is InChI=1S/C10H11NO2S/c1-7-5-8(3-2-4-14)6-11-9(7)10(12)13/h2-3,5-6,14H,4H2,1H3,(H,12,13). The van der Waals surface area contributed by atoms with E-state index in [2.05, 4.69) is 17.6 Å². The van der Waals surface area contributed by atoms with Crippen LogP contribution in [-0.4, -0.2) is 21.8 Å². The van der Waals surface area contributed by atoms with Crippen LogP contribution in [0.3, 0.4) is 0 Å². The number of rotatable bonds is 3. The Morgan fingerprint density at radius 1 is 1.71 bits per heavy atom. The Balaban J connectivity index is 3.00. The molecule has 0 saturated carbocycles. The fraction of sp³-hybridized carbons (Fsp3) is 0.200. The van der Waals surface area contributed by atoms with E-state index in [1.807, 2.05) is 12.2 Å². The average molecular weight is 209 g/mol. The molecule has 74 valence electrons. The third-order valence-electron chi connectivity index (χ3n) is 1.72. The summed E-state index contributed by atoms with van der Waals surface area (Å²) in [4.78, 5) is 14.5. The van der Waals surface area contributed by atoms with E-state index in [-0.39, 0.29) is 5.69 Å². The summed E-state index contributed by atoms with van der Waals surface area (Å²) in [5, 5.41) is 8.74. The lowest BCUT2D eigenvalue weighted by Gasteiger charge is -2.00. The first-order valence-electron chi connectivity index (χ1n) is 4.12. The van der Waals surface area contributed by atoms with Gasteiger partial charge in [0.25, 0.3) is 0 Å². The van der Waals surface area contributed by atoms with Gasteiger partial charge in [-0.15, -0.1) is 0 Å². The minimum atomic E-state index is -0.993. The van der Waals surface area contributed by atoms with Crippen LogP contribution in [0.4, 0.5) is 0 Å². The number of nitrogens with zero attached hydrogens (tertiary/aromatic N) is 1. The number of hydrogen-bond donors (Lipinski definition) is 2. The summed E-state index contributed by atoms with van der Waals surface area (Å²) in [7, 11) is 0. The van der Waals surface area contributed by atoms with E-state index in [0.29, 0.717) is 11.3 Å². The molecule has 1 heterocycles. The van der Waals surface area contributed by atoms with Crippen molar-refractivity contribution in [1.82, 2.24) is 4.98 Å². The van der Waals surface area contributed by atoms with Crippen molar-refractivity contribution in [3.8, 4) is 0 Å². The number of aryl methyl sites for hydroxylation is 1. The van der Waals surface area contributed by atoms with E-state index < -0.39 is 5.97 Å². The van der Waals surface area contributed by atoms with Gasteiger partial charge in [-0.3, -0.25) is 0 Å². The molecule has 0 aliphatic heterocycles. The van der Waals surface area contributed by atoms with Gasteiger partial charge in [-0.2, -0.15) is 12.6 Å².